The van der Waals surface area contributed by atoms with E-state index >= 15 is 0 Å². The van der Waals surface area contributed by atoms with Crippen molar-refractivity contribution in [1.29, 1.82) is 0 Å². The normalized spacial score (nSPS) is 13.5. The second-order valence-corrected chi connectivity index (χ2v) is 9.45. The number of H-pyrrole nitrogens is 1. The highest BCUT2D eigenvalue weighted by molar-refractivity contribution is 7.89. The number of fused-ring (bicyclic) bond motifs is 2. The van der Waals surface area contributed by atoms with Crippen LogP contribution in [0.1, 0.15) is 11.3 Å². The third-order valence-corrected chi connectivity index (χ3v) is 7.10. The molecule has 0 saturated carbocycles. The van der Waals surface area contributed by atoms with Gasteiger partial charge in [0.1, 0.15) is 24.8 Å². The lowest BCUT2D eigenvalue weighted by atomic mass is 10.1. The number of rotatable bonds is 6. The molecule has 2 aromatic carbocycles. The first-order valence-corrected chi connectivity index (χ1v) is 11.6. The van der Waals surface area contributed by atoms with Crippen LogP contribution in [0.3, 0.4) is 0 Å². The molecule has 0 fully saturated rings. The number of hydrogen-bond acceptors (Lipinski definition) is 6. The molecule has 0 amide bonds. The first kappa shape index (κ1) is 21.2. The molecule has 10 heteroatoms. The number of sulfonamides is 1. The van der Waals surface area contributed by atoms with Crippen LogP contribution in [-0.4, -0.2) is 30.9 Å². The van der Waals surface area contributed by atoms with Crippen molar-refractivity contribution >= 4 is 20.9 Å². The molecular weight excluding hydrogens is 451 g/mol. The van der Waals surface area contributed by atoms with Gasteiger partial charge in [0.05, 0.1) is 23.2 Å². The van der Waals surface area contributed by atoms with Gasteiger partial charge in [-0.15, -0.1) is 0 Å². The van der Waals surface area contributed by atoms with Gasteiger partial charge in [-0.3, -0.25) is 4.79 Å². The number of pyridine rings is 1. The minimum absolute atomic E-state index is 0.0905. The van der Waals surface area contributed by atoms with Gasteiger partial charge in [-0.05, 0) is 48.5 Å². The topological polar surface area (TPSA) is 102 Å². The van der Waals surface area contributed by atoms with E-state index < -0.39 is 21.4 Å². The lowest BCUT2D eigenvalue weighted by Gasteiger charge is -2.22. The molecule has 0 radical (unpaired) electrons. The van der Waals surface area contributed by atoms with E-state index in [9.17, 15) is 17.6 Å². The van der Waals surface area contributed by atoms with Gasteiger partial charge < -0.3 is 18.9 Å². The van der Waals surface area contributed by atoms with E-state index in [4.69, 9.17) is 13.9 Å². The summed E-state index contributed by atoms with van der Waals surface area (Å²) in [5, 5.41) is 0.672. The van der Waals surface area contributed by atoms with Crippen LogP contribution in [-0.2, 0) is 23.1 Å². The standard InChI is InChI=1S/C23H19FN2O6S/c24-17-3-5-19(6-4-17)33(28,29)26(14-18-2-1-7-30-18)13-16-10-15-11-21-22(32-9-8-31-21)12-20(15)25-23(16)27/h1-7,10-12H,8-9,13-14H2,(H,25,27). The summed E-state index contributed by atoms with van der Waals surface area (Å²) in [6.07, 6.45) is 1.44. The summed E-state index contributed by atoms with van der Waals surface area (Å²) in [4.78, 5) is 15.5. The van der Waals surface area contributed by atoms with Crippen molar-refractivity contribution in [2.45, 2.75) is 18.0 Å². The first-order chi connectivity index (χ1) is 15.9. The Morgan fingerprint density at radius 2 is 1.70 bits per heavy atom. The number of nitrogens with zero attached hydrogens (tertiary/aromatic N) is 1. The predicted octanol–water partition coefficient (Wildman–Crippen LogP) is 3.42. The Labute approximate surface area is 188 Å². The molecule has 1 N–H and O–H groups in total. The van der Waals surface area contributed by atoms with E-state index in [0.29, 0.717) is 41.4 Å². The molecule has 170 valence electrons. The second kappa shape index (κ2) is 8.38. The Balaban J connectivity index is 1.55. The minimum atomic E-state index is -4.07. The van der Waals surface area contributed by atoms with Gasteiger partial charge in [-0.2, -0.15) is 4.31 Å². The number of benzene rings is 2. The molecule has 4 aromatic rings. The van der Waals surface area contributed by atoms with Crippen molar-refractivity contribution in [2.24, 2.45) is 0 Å². The average Bonchev–Trinajstić information content (AvgIpc) is 3.31. The smallest absolute Gasteiger partial charge is 0.252 e. The molecule has 0 spiro atoms. The summed E-state index contributed by atoms with van der Waals surface area (Å²) in [7, 11) is -4.07. The lowest BCUT2D eigenvalue weighted by Crippen LogP contribution is -2.32. The predicted molar refractivity (Wildman–Crippen MR) is 117 cm³/mol. The van der Waals surface area contributed by atoms with Gasteiger partial charge >= 0.3 is 0 Å². The zero-order chi connectivity index (χ0) is 23.0. The van der Waals surface area contributed by atoms with E-state index in [2.05, 4.69) is 4.98 Å². The summed E-state index contributed by atoms with van der Waals surface area (Å²) in [5.41, 5.74) is 0.348. The van der Waals surface area contributed by atoms with E-state index in [1.54, 1.807) is 30.3 Å². The van der Waals surface area contributed by atoms with E-state index in [1.165, 1.54) is 18.4 Å². The van der Waals surface area contributed by atoms with E-state index in [-0.39, 0.29) is 23.5 Å². The van der Waals surface area contributed by atoms with Gasteiger partial charge in [0, 0.05) is 23.6 Å². The molecule has 1 aliphatic heterocycles. The van der Waals surface area contributed by atoms with Crippen LogP contribution in [0.4, 0.5) is 4.39 Å². The Morgan fingerprint density at radius 1 is 0.970 bits per heavy atom. The van der Waals surface area contributed by atoms with Crippen LogP contribution in [0, 0.1) is 5.82 Å². The molecule has 33 heavy (non-hydrogen) atoms. The Kier molecular flexibility index (Phi) is 5.39. The van der Waals surface area contributed by atoms with Gasteiger partial charge in [0.15, 0.2) is 11.5 Å². The zero-order valence-electron chi connectivity index (χ0n) is 17.3. The monoisotopic (exact) mass is 470 g/mol. The molecule has 0 bridgehead atoms. The maximum Gasteiger partial charge on any atom is 0.252 e. The Hall–Kier alpha value is -3.63. The Morgan fingerprint density at radius 3 is 2.39 bits per heavy atom. The quantitative estimate of drug-likeness (QED) is 0.463. The fourth-order valence-electron chi connectivity index (χ4n) is 3.65. The highest BCUT2D eigenvalue weighted by Gasteiger charge is 2.27. The van der Waals surface area contributed by atoms with E-state index in [0.717, 1.165) is 16.4 Å². The molecule has 0 unspecified atom stereocenters. The number of furan rings is 1. The molecule has 5 rings (SSSR count). The van der Waals surface area contributed by atoms with Crippen LogP contribution in [0.5, 0.6) is 11.5 Å². The van der Waals surface area contributed by atoms with Crippen LogP contribution in [0.2, 0.25) is 0 Å². The number of halogens is 1. The summed E-state index contributed by atoms with van der Waals surface area (Å²) in [6.45, 7) is 0.511. The SMILES string of the molecule is O=c1[nH]c2cc3c(cc2cc1CN(Cc1ccco1)S(=O)(=O)c1ccc(F)cc1)OCCO3. The molecule has 0 saturated heterocycles. The summed E-state index contributed by atoms with van der Waals surface area (Å²) in [6, 6.07) is 12.9. The summed E-state index contributed by atoms with van der Waals surface area (Å²) < 4.78 is 57.7. The molecule has 3 heterocycles. The molecule has 8 nitrogen and oxygen atoms in total. The molecule has 0 aliphatic carbocycles. The molecular formula is C23H19FN2O6S. The number of ether oxygens (including phenoxy) is 2. The number of hydrogen-bond donors (Lipinski definition) is 1. The van der Waals surface area contributed by atoms with Crippen molar-refractivity contribution in [3.63, 3.8) is 0 Å². The van der Waals surface area contributed by atoms with Gasteiger partial charge in [0.25, 0.3) is 5.56 Å². The van der Waals surface area contributed by atoms with Crippen molar-refractivity contribution in [1.82, 2.24) is 9.29 Å². The van der Waals surface area contributed by atoms with Crippen molar-refractivity contribution in [3.05, 3.63) is 88.4 Å². The van der Waals surface area contributed by atoms with Crippen LogP contribution >= 0.6 is 0 Å². The zero-order valence-corrected chi connectivity index (χ0v) is 18.1. The lowest BCUT2D eigenvalue weighted by molar-refractivity contribution is 0.172. The summed E-state index contributed by atoms with van der Waals surface area (Å²) >= 11 is 0. The maximum atomic E-state index is 13.4. The van der Waals surface area contributed by atoms with Crippen LogP contribution in [0.15, 0.2) is 75.0 Å². The first-order valence-electron chi connectivity index (χ1n) is 10.1. The van der Waals surface area contributed by atoms with Crippen LogP contribution < -0.4 is 15.0 Å². The minimum Gasteiger partial charge on any atom is -0.486 e. The van der Waals surface area contributed by atoms with Crippen LogP contribution in [0.25, 0.3) is 10.9 Å². The fourth-order valence-corrected chi connectivity index (χ4v) is 5.04. The van der Waals surface area contributed by atoms with Gasteiger partial charge in [-0.25, -0.2) is 12.8 Å². The third-order valence-electron chi connectivity index (χ3n) is 5.29. The second-order valence-electron chi connectivity index (χ2n) is 7.51. The highest BCUT2D eigenvalue weighted by Crippen LogP contribution is 2.34. The molecule has 2 aromatic heterocycles. The highest BCUT2D eigenvalue weighted by atomic mass is 32.2. The largest absolute Gasteiger partial charge is 0.486 e. The van der Waals surface area contributed by atoms with E-state index in [1.807, 2.05) is 0 Å². The fraction of sp³-hybridized carbons (Fsp3) is 0.174. The Bertz CT molecular complexity index is 1460. The summed E-state index contributed by atoms with van der Waals surface area (Å²) in [5.74, 6) is 0.943. The van der Waals surface area contributed by atoms with Crippen molar-refractivity contribution in [3.8, 4) is 11.5 Å². The number of nitrogens with one attached hydrogen (secondary N) is 1. The average molecular weight is 470 g/mol. The number of aromatic nitrogens is 1. The maximum absolute atomic E-state index is 13.4. The van der Waals surface area contributed by atoms with Gasteiger partial charge in [-0.1, -0.05) is 0 Å². The number of aromatic amines is 1. The third kappa shape index (κ3) is 4.22. The molecule has 0 atom stereocenters. The van der Waals surface area contributed by atoms with Gasteiger partial charge in [0.2, 0.25) is 10.0 Å². The molecule has 1 aliphatic rings. The van der Waals surface area contributed by atoms with Crippen molar-refractivity contribution in [2.75, 3.05) is 13.2 Å². The van der Waals surface area contributed by atoms with Crippen molar-refractivity contribution < 1.29 is 26.7 Å².